The highest BCUT2D eigenvalue weighted by atomic mass is 79.9. The van der Waals surface area contributed by atoms with Crippen molar-refractivity contribution < 1.29 is 9.72 Å². The topological polar surface area (TPSA) is 75.5 Å². The molecule has 0 radical (unpaired) electrons. The molecular weight excluding hydrogens is 326 g/mol. The van der Waals surface area contributed by atoms with E-state index in [1.54, 1.807) is 12.1 Å². The maximum Gasteiger partial charge on any atom is 0.293 e. The Labute approximate surface area is 124 Å². The number of hydrogen-bond acceptors (Lipinski definition) is 4. The largest absolute Gasteiger partial charge is 0.360 e. The number of fused-ring (bicyclic) bond motifs is 1. The molecule has 20 heavy (non-hydrogen) atoms. The number of piperidine rings is 1. The molecule has 1 amide bonds. The normalized spacial score (nSPS) is 25.2. The number of carbonyl (C=O) groups is 1. The standard InChI is InChI=1S/C13H14BrN3O3/c14-8-3-4-10(11(6-8)17(19)20)16-5-1-2-9-12(16)7-15-13(9)18/h3-4,6,9,12H,1-2,5,7H2,(H,15,18). The number of nitrogens with zero attached hydrogens (tertiary/aromatic N) is 2. The van der Waals surface area contributed by atoms with Gasteiger partial charge in [-0.05, 0) is 25.0 Å². The number of amides is 1. The Hall–Kier alpha value is -1.63. The lowest BCUT2D eigenvalue weighted by Gasteiger charge is -2.37. The van der Waals surface area contributed by atoms with E-state index in [0.717, 1.165) is 19.4 Å². The summed E-state index contributed by atoms with van der Waals surface area (Å²) in [6.45, 7) is 1.31. The summed E-state index contributed by atoms with van der Waals surface area (Å²) in [5.41, 5.74) is 0.684. The summed E-state index contributed by atoms with van der Waals surface area (Å²) in [7, 11) is 0. The number of anilines is 1. The zero-order valence-corrected chi connectivity index (χ0v) is 12.3. The van der Waals surface area contributed by atoms with Crippen LogP contribution in [0, 0.1) is 16.0 Å². The molecule has 7 heteroatoms. The first-order valence-corrected chi connectivity index (χ1v) is 7.35. The van der Waals surface area contributed by atoms with Crippen LogP contribution < -0.4 is 10.2 Å². The van der Waals surface area contributed by atoms with E-state index in [9.17, 15) is 14.9 Å². The Morgan fingerprint density at radius 2 is 2.25 bits per heavy atom. The minimum Gasteiger partial charge on any atom is -0.360 e. The van der Waals surface area contributed by atoms with E-state index in [1.807, 2.05) is 4.90 Å². The summed E-state index contributed by atoms with van der Waals surface area (Å²) in [4.78, 5) is 24.7. The van der Waals surface area contributed by atoms with Crippen molar-refractivity contribution in [3.8, 4) is 0 Å². The van der Waals surface area contributed by atoms with Crippen molar-refractivity contribution in [1.29, 1.82) is 0 Å². The van der Waals surface area contributed by atoms with Gasteiger partial charge in [-0.25, -0.2) is 0 Å². The van der Waals surface area contributed by atoms with Gasteiger partial charge < -0.3 is 10.2 Å². The summed E-state index contributed by atoms with van der Waals surface area (Å²) < 4.78 is 0.683. The van der Waals surface area contributed by atoms with Gasteiger partial charge >= 0.3 is 0 Å². The van der Waals surface area contributed by atoms with Crippen molar-refractivity contribution in [2.75, 3.05) is 18.0 Å². The summed E-state index contributed by atoms with van der Waals surface area (Å²) in [5, 5.41) is 14.1. The maximum atomic E-state index is 11.8. The second-order valence-electron chi connectivity index (χ2n) is 5.14. The molecule has 1 N–H and O–H groups in total. The van der Waals surface area contributed by atoms with Crippen LogP contribution in [0.1, 0.15) is 12.8 Å². The van der Waals surface area contributed by atoms with Crippen molar-refractivity contribution in [2.45, 2.75) is 18.9 Å². The van der Waals surface area contributed by atoms with Gasteiger partial charge in [-0.15, -0.1) is 0 Å². The van der Waals surface area contributed by atoms with Crippen LogP contribution in [0.4, 0.5) is 11.4 Å². The molecule has 0 saturated carbocycles. The van der Waals surface area contributed by atoms with Crippen LogP contribution in [0.15, 0.2) is 22.7 Å². The average Bonchev–Trinajstić information content (AvgIpc) is 2.81. The first kappa shape index (κ1) is 13.4. The third kappa shape index (κ3) is 2.15. The summed E-state index contributed by atoms with van der Waals surface area (Å²) in [6.07, 6.45) is 1.74. The molecule has 0 aliphatic carbocycles. The fourth-order valence-electron chi connectivity index (χ4n) is 3.14. The predicted octanol–water partition coefficient (Wildman–Crippen LogP) is 2.07. The number of nitro groups is 1. The van der Waals surface area contributed by atoms with Crippen LogP contribution in [-0.2, 0) is 4.79 Å². The smallest absolute Gasteiger partial charge is 0.293 e. The van der Waals surface area contributed by atoms with Gasteiger partial charge in [-0.3, -0.25) is 14.9 Å². The molecule has 2 saturated heterocycles. The molecule has 2 aliphatic heterocycles. The quantitative estimate of drug-likeness (QED) is 0.661. The number of nitro benzene ring substituents is 1. The highest BCUT2D eigenvalue weighted by Gasteiger charge is 2.42. The van der Waals surface area contributed by atoms with E-state index in [0.29, 0.717) is 16.7 Å². The first-order valence-electron chi connectivity index (χ1n) is 6.56. The molecule has 0 spiro atoms. The Balaban J connectivity index is 2.00. The molecule has 6 nitrogen and oxygen atoms in total. The van der Waals surface area contributed by atoms with Gasteiger partial charge in [0.2, 0.25) is 5.91 Å². The monoisotopic (exact) mass is 339 g/mol. The first-order chi connectivity index (χ1) is 9.58. The molecule has 106 valence electrons. The molecule has 2 fully saturated rings. The lowest BCUT2D eigenvalue weighted by atomic mass is 9.91. The third-order valence-electron chi connectivity index (χ3n) is 4.04. The molecule has 2 unspecified atom stereocenters. The van der Waals surface area contributed by atoms with Gasteiger partial charge in [-0.1, -0.05) is 15.9 Å². The zero-order valence-electron chi connectivity index (χ0n) is 10.7. The minimum atomic E-state index is -0.367. The molecule has 1 aromatic carbocycles. The lowest BCUT2D eigenvalue weighted by Crippen LogP contribution is -2.45. The summed E-state index contributed by atoms with van der Waals surface area (Å²) >= 11 is 3.27. The van der Waals surface area contributed by atoms with Gasteiger partial charge in [0.25, 0.3) is 5.69 Å². The van der Waals surface area contributed by atoms with Gasteiger partial charge in [-0.2, -0.15) is 0 Å². The Kier molecular flexibility index (Phi) is 3.37. The SMILES string of the molecule is O=C1NCC2C1CCCN2c1ccc(Br)cc1[N+](=O)[O-]. The minimum absolute atomic E-state index is 0.0242. The van der Waals surface area contributed by atoms with E-state index in [1.165, 1.54) is 6.07 Å². The molecule has 3 rings (SSSR count). The van der Waals surface area contributed by atoms with Crippen molar-refractivity contribution in [3.63, 3.8) is 0 Å². The molecule has 2 heterocycles. The Bertz CT molecular complexity index is 578. The van der Waals surface area contributed by atoms with Crippen molar-refractivity contribution in [1.82, 2.24) is 5.32 Å². The third-order valence-corrected chi connectivity index (χ3v) is 4.54. The lowest BCUT2D eigenvalue weighted by molar-refractivity contribution is -0.384. The highest BCUT2D eigenvalue weighted by Crippen LogP contribution is 2.37. The van der Waals surface area contributed by atoms with Gasteiger partial charge in [0.1, 0.15) is 5.69 Å². The van der Waals surface area contributed by atoms with E-state index in [2.05, 4.69) is 21.2 Å². The van der Waals surface area contributed by atoms with Crippen molar-refractivity contribution >= 4 is 33.2 Å². The van der Waals surface area contributed by atoms with E-state index >= 15 is 0 Å². The number of hydrogen-bond donors (Lipinski definition) is 1. The van der Waals surface area contributed by atoms with Crippen LogP contribution in [-0.4, -0.2) is 30.0 Å². The van der Waals surface area contributed by atoms with Crippen LogP contribution in [0.5, 0.6) is 0 Å². The maximum absolute atomic E-state index is 11.8. The fraction of sp³-hybridized carbons (Fsp3) is 0.462. The van der Waals surface area contributed by atoms with Crippen LogP contribution in [0.2, 0.25) is 0 Å². The van der Waals surface area contributed by atoms with Gasteiger partial charge in [0.15, 0.2) is 0 Å². The molecule has 0 aromatic heterocycles. The number of carbonyl (C=O) groups excluding carboxylic acids is 1. The highest BCUT2D eigenvalue weighted by molar-refractivity contribution is 9.10. The Morgan fingerprint density at radius 1 is 1.45 bits per heavy atom. The van der Waals surface area contributed by atoms with Gasteiger partial charge in [0, 0.05) is 23.6 Å². The van der Waals surface area contributed by atoms with Crippen molar-refractivity contribution in [2.24, 2.45) is 5.92 Å². The number of rotatable bonds is 2. The van der Waals surface area contributed by atoms with Crippen LogP contribution >= 0.6 is 15.9 Å². The molecule has 1 aromatic rings. The molecule has 0 bridgehead atoms. The second-order valence-corrected chi connectivity index (χ2v) is 6.06. The average molecular weight is 340 g/mol. The van der Waals surface area contributed by atoms with E-state index in [-0.39, 0.29) is 28.5 Å². The predicted molar refractivity (Wildman–Crippen MR) is 77.7 cm³/mol. The zero-order chi connectivity index (χ0) is 14.3. The molecule has 2 atom stereocenters. The second kappa shape index (κ2) is 5.05. The van der Waals surface area contributed by atoms with E-state index < -0.39 is 0 Å². The van der Waals surface area contributed by atoms with Crippen LogP contribution in [0.3, 0.4) is 0 Å². The van der Waals surface area contributed by atoms with Gasteiger partial charge in [0.05, 0.1) is 16.9 Å². The number of halogens is 1. The van der Waals surface area contributed by atoms with E-state index in [4.69, 9.17) is 0 Å². The molecular formula is C13H14BrN3O3. The summed E-state index contributed by atoms with van der Waals surface area (Å²) in [6, 6.07) is 5.10. The van der Waals surface area contributed by atoms with Crippen LogP contribution in [0.25, 0.3) is 0 Å². The van der Waals surface area contributed by atoms with Crippen molar-refractivity contribution in [3.05, 3.63) is 32.8 Å². The summed E-state index contributed by atoms with van der Waals surface area (Å²) in [5.74, 6) is 0.0199. The molecule has 2 aliphatic rings. The fourth-order valence-corrected chi connectivity index (χ4v) is 3.49. The number of benzene rings is 1. The Morgan fingerprint density at radius 3 is 3.00 bits per heavy atom. The number of nitrogens with one attached hydrogen (secondary N) is 1.